The Morgan fingerprint density at radius 1 is 0.853 bits per heavy atom. The van der Waals surface area contributed by atoms with Gasteiger partial charge in [0.1, 0.15) is 30.1 Å². The maximum atomic E-state index is 14.5. The molecule has 0 aromatic rings. The zero-order valence-electron chi connectivity index (χ0n) is 42.4. The molecule has 2 bridgehead atoms. The third kappa shape index (κ3) is 15.3. The van der Waals surface area contributed by atoms with Crippen LogP contribution in [0.25, 0.3) is 0 Å². The van der Waals surface area contributed by atoms with E-state index in [0.717, 1.165) is 12.0 Å². The summed E-state index contributed by atoms with van der Waals surface area (Å²) in [6.45, 7) is 12.9. The standard InChI is InChI=1S/C53H83NO14/c1-32-16-12-11-13-17-33(2)44(63-8)30-40-21-19-38(7)53(62,68-40)50(59)51(60)54-23-15-14-18-41(54)52(61)67-45(35(4)28-39-20-22-43(66-25-24-55)46(29-39)64-9)31-42(56)34(3)27-37(6)48(58)49(65-10)47(57)36(5)26-32/h11-13,16-17,27,32,34-36,38-41,43-46,48-49,55,58,62H,14-15,18-26,28-31H2,1-10H3/b13-11?,16-12+,33-17?,37-27+/t32-,34-,35?,36-,38-,39+,40+,41+,43-,44+,45+,46-,48-,49+,53-/m1/s1. The number of piperidine rings is 1. The molecule has 3 N–H and O–H groups in total. The first-order chi connectivity index (χ1) is 32.3. The predicted octanol–water partition coefficient (Wildman–Crippen LogP) is 6.20. The van der Waals surface area contributed by atoms with Crippen molar-refractivity contribution in [2.24, 2.45) is 35.5 Å². The van der Waals surface area contributed by atoms with Gasteiger partial charge in [-0.2, -0.15) is 0 Å². The fourth-order valence-corrected chi connectivity index (χ4v) is 10.5. The number of hydrogen-bond acceptors (Lipinski definition) is 14. The lowest BCUT2D eigenvalue weighted by Crippen LogP contribution is -2.61. The van der Waals surface area contributed by atoms with Gasteiger partial charge in [-0.25, -0.2) is 4.79 Å². The van der Waals surface area contributed by atoms with Crippen molar-refractivity contribution in [2.45, 2.75) is 180 Å². The van der Waals surface area contributed by atoms with Gasteiger partial charge < -0.3 is 48.6 Å². The van der Waals surface area contributed by atoms with E-state index in [4.69, 9.17) is 28.4 Å². The number of Topliss-reactive ketones (excluding diaryl/α,β-unsaturated/α-hetero) is 3. The third-order valence-electron chi connectivity index (χ3n) is 14.9. The molecule has 384 valence electrons. The zero-order valence-corrected chi connectivity index (χ0v) is 42.4. The molecule has 68 heavy (non-hydrogen) atoms. The third-order valence-corrected chi connectivity index (χ3v) is 14.9. The van der Waals surface area contributed by atoms with Gasteiger partial charge in [-0.3, -0.25) is 19.2 Å². The van der Waals surface area contributed by atoms with E-state index in [9.17, 15) is 39.3 Å². The number of ketones is 3. The number of allylic oxidation sites excluding steroid dienone is 6. The van der Waals surface area contributed by atoms with Gasteiger partial charge >= 0.3 is 5.97 Å². The van der Waals surface area contributed by atoms with E-state index in [0.29, 0.717) is 63.4 Å². The highest BCUT2D eigenvalue weighted by Crippen LogP contribution is 2.38. The Morgan fingerprint density at radius 3 is 2.26 bits per heavy atom. The van der Waals surface area contributed by atoms with Gasteiger partial charge in [-0.05, 0) is 107 Å². The number of cyclic esters (lactones) is 1. The molecule has 1 saturated carbocycles. The number of ether oxygens (including phenoxy) is 6. The molecule has 15 atom stereocenters. The smallest absolute Gasteiger partial charge is 0.329 e. The van der Waals surface area contributed by atoms with E-state index in [1.54, 1.807) is 41.1 Å². The highest BCUT2D eigenvalue weighted by Gasteiger charge is 2.53. The number of methoxy groups -OCH3 is 3. The summed E-state index contributed by atoms with van der Waals surface area (Å²) in [5.74, 6) is -7.96. The molecule has 3 heterocycles. The van der Waals surface area contributed by atoms with E-state index in [2.05, 4.69) is 0 Å². The van der Waals surface area contributed by atoms with Crippen molar-refractivity contribution in [3.05, 3.63) is 47.6 Å². The Morgan fingerprint density at radius 2 is 1.59 bits per heavy atom. The summed E-state index contributed by atoms with van der Waals surface area (Å²) in [5.41, 5.74) is 1.26. The molecule has 1 unspecified atom stereocenters. The number of esters is 1. The number of fused-ring (bicyclic) bond motifs is 3. The molecule has 2 saturated heterocycles. The van der Waals surface area contributed by atoms with Crippen molar-refractivity contribution < 1.29 is 67.7 Å². The summed E-state index contributed by atoms with van der Waals surface area (Å²) >= 11 is 0. The van der Waals surface area contributed by atoms with Crippen LogP contribution < -0.4 is 0 Å². The SMILES string of the molecule is CO[C@H]1C[C@@H]2CC[C@@H](C)[C@@](O)(O2)C(=O)C(=O)N2CCCC[C@H]2C(=O)O[C@H](C(C)C[C@@H]2CC[C@@H](OCCO)[C@H](OC)C2)CC(=O)[C@H](C)/C=C(\C)[C@@H](O)[C@@H](OC)C(=O)[C@H](C)C[C@H](C)/C=C/C=CC=C1C. The second-order valence-electron chi connectivity index (χ2n) is 20.2. The van der Waals surface area contributed by atoms with Gasteiger partial charge in [0.05, 0.1) is 37.6 Å². The molecule has 0 spiro atoms. The summed E-state index contributed by atoms with van der Waals surface area (Å²) in [6.07, 6.45) is 12.0. The monoisotopic (exact) mass is 958 g/mol. The lowest BCUT2D eigenvalue weighted by molar-refractivity contribution is -0.265. The number of aliphatic hydroxyl groups excluding tert-OH is 2. The summed E-state index contributed by atoms with van der Waals surface area (Å²) in [7, 11) is 4.58. The van der Waals surface area contributed by atoms with Crippen LogP contribution in [0.2, 0.25) is 0 Å². The normalized spacial score (nSPS) is 37.9. The number of amides is 1. The molecule has 0 aromatic carbocycles. The van der Waals surface area contributed by atoms with Gasteiger partial charge in [-0.15, -0.1) is 0 Å². The van der Waals surface area contributed by atoms with Crippen molar-refractivity contribution >= 4 is 29.2 Å². The number of nitrogens with zero attached hydrogens (tertiary/aromatic N) is 1. The van der Waals surface area contributed by atoms with Crippen LogP contribution in [0, 0.1) is 35.5 Å². The molecule has 0 radical (unpaired) electrons. The van der Waals surface area contributed by atoms with Crippen LogP contribution in [0.5, 0.6) is 0 Å². The number of hydrogen-bond donors (Lipinski definition) is 3. The van der Waals surface area contributed by atoms with E-state index >= 15 is 0 Å². The second-order valence-corrected chi connectivity index (χ2v) is 20.2. The predicted molar refractivity (Wildman–Crippen MR) is 256 cm³/mol. The lowest BCUT2D eigenvalue weighted by Gasteiger charge is -2.42. The highest BCUT2D eigenvalue weighted by atomic mass is 16.6. The molecule has 0 aromatic heterocycles. The van der Waals surface area contributed by atoms with Gasteiger partial charge in [0.15, 0.2) is 5.78 Å². The summed E-state index contributed by atoms with van der Waals surface area (Å²) < 4.78 is 35.6. The minimum Gasteiger partial charge on any atom is -0.460 e. The average molecular weight is 958 g/mol. The molecule has 4 rings (SSSR count). The summed E-state index contributed by atoms with van der Waals surface area (Å²) in [4.78, 5) is 72.1. The van der Waals surface area contributed by atoms with Gasteiger partial charge in [0.2, 0.25) is 5.79 Å². The van der Waals surface area contributed by atoms with Crippen LogP contribution in [0.1, 0.15) is 126 Å². The molecule has 3 fully saturated rings. The highest BCUT2D eigenvalue weighted by molar-refractivity contribution is 6.39. The fourth-order valence-electron chi connectivity index (χ4n) is 10.5. The van der Waals surface area contributed by atoms with E-state index in [-0.39, 0.29) is 74.1 Å². The number of carbonyl (C=O) groups excluding carboxylic acids is 5. The van der Waals surface area contributed by atoms with Crippen LogP contribution in [0.3, 0.4) is 0 Å². The molecule has 1 amide bonds. The Bertz CT molecular complexity index is 1810. The largest absolute Gasteiger partial charge is 0.460 e. The molecule has 15 nitrogen and oxygen atoms in total. The number of rotatable bonds is 9. The van der Waals surface area contributed by atoms with Crippen molar-refractivity contribution in [1.82, 2.24) is 4.90 Å². The minimum atomic E-state index is -2.43. The second kappa shape index (κ2) is 27.3. The maximum absolute atomic E-state index is 14.5. The molecule has 3 aliphatic heterocycles. The first-order valence-electron chi connectivity index (χ1n) is 25.0. The zero-order chi connectivity index (χ0) is 50.3. The molecule has 15 heteroatoms. The first-order valence-corrected chi connectivity index (χ1v) is 25.0. The van der Waals surface area contributed by atoms with Gasteiger partial charge in [-0.1, -0.05) is 71.1 Å². The number of aliphatic hydroxyl groups is 3. The van der Waals surface area contributed by atoms with Crippen LogP contribution in [-0.2, 0) is 52.4 Å². The van der Waals surface area contributed by atoms with Gasteiger partial charge in [0.25, 0.3) is 11.7 Å². The van der Waals surface area contributed by atoms with Crippen LogP contribution in [0.4, 0.5) is 0 Å². The minimum absolute atomic E-state index is 0.0158. The summed E-state index contributed by atoms with van der Waals surface area (Å²) in [5, 5.41) is 32.8. The molecule has 1 aliphatic carbocycles. The lowest BCUT2D eigenvalue weighted by atomic mass is 9.78. The Kier molecular flexibility index (Phi) is 22.9. The van der Waals surface area contributed by atoms with E-state index in [1.165, 1.54) is 12.0 Å². The van der Waals surface area contributed by atoms with Crippen molar-refractivity contribution in [3.63, 3.8) is 0 Å². The Balaban J connectivity index is 1.70. The van der Waals surface area contributed by atoms with Gasteiger partial charge in [0, 0.05) is 58.5 Å². The Labute approximate surface area is 405 Å². The fraction of sp³-hybridized carbons (Fsp3) is 0.755. The maximum Gasteiger partial charge on any atom is 0.329 e. The van der Waals surface area contributed by atoms with Crippen LogP contribution >= 0.6 is 0 Å². The van der Waals surface area contributed by atoms with Crippen molar-refractivity contribution in [1.29, 1.82) is 0 Å². The quantitative estimate of drug-likeness (QED) is 0.134. The molecule has 4 aliphatic rings. The van der Waals surface area contributed by atoms with Crippen molar-refractivity contribution in [2.75, 3.05) is 41.1 Å². The topological polar surface area (TPSA) is 205 Å². The van der Waals surface area contributed by atoms with Crippen molar-refractivity contribution in [3.8, 4) is 0 Å². The Hall–Kier alpha value is -3.41. The molecular weight excluding hydrogens is 875 g/mol. The van der Waals surface area contributed by atoms with E-state index < -0.39 is 77.8 Å². The molecular formula is C53H83NO14. The summed E-state index contributed by atoms with van der Waals surface area (Å²) in [6, 6.07) is -1.14. The first kappa shape index (κ1) is 57.2. The van der Waals surface area contributed by atoms with E-state index in [1.807, 2.05) is 58.1 Å². The van der Waals surface area contributed by atoms with Crippen LogP contribution in [0.15, 0.2) is 47.6 Å². The number of carbonyl (C=O) groups is 5. The van der Waals surface area contributed by atoms with Crippen LogP contribution in [-0.4, -0.2) is 145 Å². The average Bonchev–Trinajstić information content (AvgIpc) is 3.32.